The molecule has 0 spiro atoms. The van der Waals surface area contributed by atoms with Gasteiger partial charge in [-0.3, -0.25) is 4.90 Å². The Bertz CT molecular complexity index is 1200. The molecule has 1 aliphatic heterocycles. The van der Waals surface area contributed by atoms with Crippen LogP contribution in [0.2, 0.25) is 0 Å². The molecule has 4 aromatic rings. The number of nitrogens with zero attached hydrogens (tertiary/aromatic N) is 4. The lowest BCUT2D eigenvalue weighted by Crippen LogP contribution is -2.35. The molecule has 1 aromatic heterocycles. The Kier molecular flexibility index (Phi) is 7.41. The van der Waals surface area contributed by atoms with Gasteiger partial charge >= 0.3 is 0 Å². The number of hydrogen-bond acceptors (Lipinski definition) is 5. The van der Waals surface area contributed by atoms with E-state index in [0.717, 1.165) is 57.4 Å². The Balaban J connectivity index is 1.39. The molecule has 180 valence electrons. The molecule has 1 fully saturated rings. The number of methoxy groups -OCH3 is 1. The molecular weight excluding hydrogens is 436 g/mol. The topological polar surface area (TPSA) is 42.8 Å². The summed E-state index contributed by atoms with van der Waals surface area (Å²) in [4.78, 5) is 4.89. The molecule has 0 unspecified atom stereocenters. The third-order valence-electron chi connectivity index (χ3n) is 6.37. The average Bonchev–Trinajstić information content (AvgIpc) is 3.45. The fraction of sp³-hybridized carbons (Fsp3) is 0.276. The van der Waals surface area contributed by atoms with Gasteiger partial charge in [0.15, 0.2) is 0 Å². The van der Waals surface area contributed by atoms with Gasteiger partial charge in [-0.1, -0.05) is 36.4 Å². The third kappa shape index (κ3) is 6.10. The van der Waals surface area contributed by atoms with Crippen molar-refractivity contribution in [3.05, 3.63) is 108 Å². The highest BCUT2D eigenvalue weighted by molar-refractivity contribution is 5.50. The molecule has 0 radical (unpaired) electrons. The van der Waals surface area contributed by atoms with Crippen LogP contribution in [0, 0.1) is 0 Å². The molecule has 0 N–H and O–H groups in total. The Morgan fingerprint density at radius 1 is 0.857 bits per heavy atom. The van der Waals surface area contributed by atoms with Crippen molar-refractivity contribution >= 4 is 5.69 Å². The van der Waals surface area contributed by atoms with Gasteiger partial charge in [0.25, 0.3) is 0 Å². The van der Waals surface area contributed by atoms with Gasteiger partial charge < -0.3 is 14.4 Å². The van der Waals surface area contributed by atoms with Crippen molar-refractivity contribution in [3.8, 4) is 11.4 Å². The van der Waals surface area contributed by atoms with E-state index in [1.165, 1.54) is 22.4 Å². The largest absolute Gasteiger partial charge is 0.497 e. The quantitative estimate of drug-likeness (QED) is 0.349. The lowest BCUT2D eigenvalue weighted by Gasteiger charge is -2.28. The minimum absolute atomic E-state index is 0.791. The molecule has 0 saturated carbocycles. The molecule has 1 aliphatic rings. The SMILES string of the molecule is COc1cccc(CN(Cc2ccc(-n3cccn3)cc2)c2cccc(CN3CCOCC3)c2)c1. The summed E-state index contributed by atoms with van der Waals surface area (Å²) < 4.78 is 12.9. The van der Waals surface area contributed by atoms with Gasteiger partial charge in [0.2, 0.25) is 0 Å². The van der Waals surface area contributed by atoms with Crippen molar-refractivity contribution in [1.82, 2.24) is 14.7 Å². The molecule has 35 heavy (non-hydrogen) atoms. The van der Waals surface area contributed by atoms with Crippen molar-refractivity contribution in [2.45, 2.75) is 19.6 Å². The molecule has 0 aliphatic carbocycles. The van der Waals surface area contributed by atoms with E-state index in [-0.39, 0.29) is 0 Å². The molecule has 6 nitrogen and oxygen atoms in total. The molecule has 1 saturated heterocycles. The number of benzene rings is 3. The van der Waals surface area contributed by atoms with Crippen molar-refractivity contribution < 1.29 is 9.47 Å². The van der Waals surface area contributed by atoms with E-state index in [1.54, 1.807) is 13.3 Å². The summed E-state index contributed by atoms with van der Waals surface area (Å²) in [5.41, 5.74) is 6.08. The summed E-state index contributed by atoms with van der Waals surface area (Å²) in [7, 11) is 1.72. The highest BCUT2D eigenvalue weighted by Gasteiger charge is 2.14. The van der Waals surface area contributed by atoms with Gasteiger partial charge in [-0.15, -0.1) is 0 Å². The first-order valence-corrected chi connectivity index (χ1v) is 12.1. The monoisotopic (exact) mass is 468 g/mol. The van der Waals surface area contributed by atoms with Crippen LogP contribution in [0.4, 0.5) is 5.69 Å². The van der Waals surface area contributed by atoms with Gasteiger partial charge in [0, 0.05) is 50.8 Å². The molecule has 2 heterocycles. The number of rotatable bonds is 9. The van der Waals surface area contributed by atoms with Gasteiger partial charge in [-0.05, 0) is 59.2 Å². The van der Waals surface area contributed by atoms with Crippen LogP contribution in [-0.2, 0) is 24.4 Å². The minimum Gasteiger partial charge on any atom is -0.497 e. The van der Waals surface area contributed by atoms with Gasteiger partial charge in [0.1, 0.15) is 5.75 Å². The number of ether oxygens (including phenoxy) is 2. The summed E-state index contributed by atoms with van der Waals surface area (Å²) in [6.07, 6.45) is 3.76. The Labute approximate surface area is 207 Å². The van der Waals surface area contributed by atoms with Crippen LogP contribution in [0.15, 0.2) is 91.3 Å². The highest BCUT2D eigenvalue weighted by atomic mass is 16.5. The Morgan fingerprint density at radius 2 is 1.63 bits per heavy atom. The first-order valence-electron chi connectivity index (χ1n) is 12.1. The van der Waals surface area contributed by atoms with Crippen molar-refractivity contribution in [2.75, 3.05) is 38.3 Å². The molecule has 0 bridgehead atoms. The van der Waals surface area contributed by atoms with Crippen molar-refractivity contribution in [1.29, 1.82) is 0 Å². The molecular formula is C29H32N4O2. The van der Waals surface area contributed by atoms with Gasteiger partial charge in [-0.25, -0.2) is 4.68 Å². The summed E-state index contributed by atoms with van der Waals surface area (Å²) >= 11 is 0. The minimum atomic E-state index is 0.791. The lowest BCUT2D eigenvalue weighted by molar-refractivity contribution is 0.0342. The summed E-state index contributed by atoms with van der Waals surface area (Å²) in [5, 5.41) is 4.34. The highest BCUT2D eigenvalue weighted by Crippen LogP contribution is 2.24. The van der Waals surface area contributed by atoms with E-state index in [2.05, 4.69) is 81.6 Å². The van der Waals surface area contributed by atoms with Crippen LogP contribution in [-0.4, -0.2) is 48.1 Å². The Hall–Kier alpha value is -3.61. The van der Waals surface area contributed by atoms with Crippen molar-refractivity contribution in [2.24, 2.45) is 0 Å². The fourth-order valence-corrected chi connectivity index (χ4v) is 4.49. The first kappa shape index (κ1) is 23.1. The van der Waals surface area contributed by atoms with E-state index < -0.39 is 0 Å². The third-order valence-corrected chi connectivity index (χ3v) is 6.37. The first-order chi connectivity index (χ1) is 17.3. The second-order valence-electron chi connectivity index (χ2n) is 8.88. The van der Waals surface area contributed by atoms with Crippen LogP contribution < -0.4 is 9.64 Å². The average molecular weight is 469 g/mol. The number of morpholine rings is 1. The zero-order valence-corrected chi connectivity index (χ0v) is 20.2. The summed E-state index contributed by atoms with van der Waals surface area (Å²) in [6, 6.07) is 27.8. The summed E-state index contributed by atoms with van der Waals surface area (Å²) in [5.74, 6) is 0.882. The number of aromatic nitrogens is 2. The fourth-order valence-electron chi connectivity index (χ4n) is 4.49. The molecule has 5 rings (SSSR count). The molecule has 6 heteroatoms. The standard InChI is InChI=1S/C29H32N4O2/c1-34-29-8-3-6-26(20-29)23-32(22-24-9-11-27(12-10-24)33-14-4-13-30-33)28-7-2-5-25(19-28)21-31-15-17-35-18-16-31/h2-14,19-20H,15-18,21-23H2,1H3. The van der Waals surface area contributed by atoms with Crippen LogP contribution in [0.5, 0.6) is 5.75 Å². The zero-order valence-electron chi connectivity index (χ0n) is 20.2. The predicted octanol–water partition coefficient (Wildman–Crippen LogP) is 4.92. The zero-order chi connectivity index (χ0) is 23.9. The maximum absolute atomic E-state index is 5.52. The Morgan fingerprint density at radius 3 is 2.40 bits per heavy atom. The molecule has 0 atom stereocenters. The van der Waals surface area contributed by atoms with Crippen LogP contribution in [0.1, 0.15) is 16.7 Å². The van der Waals surface area contributed by atoms with Crippen LogP contribution >= 0.6 is 0 Å². The van der Waals surface area contributed by atoms with Crippen LogP contribution in [0.25, 0.3) is 5.69 Å². The van der Waals surface area contributed by atoms with Crippen molar-refractivity contribution in [3.63, 3.8) is 0 Å². The summed E-state index contributed by atoms with van der Waals surface area (Å²) in [6.45, 7) is 6.15. The van der Waals surface area contributed by atoms with Gasteiger partial charge in [-0.2, -0.15) is 5.10 Å². The van der Waals surface area contributed by atoms with E-state index in [1.807, 2.05) is 23.0 Å². The maximum Gasteiger partial charge on any atom is 0.119 e. The second kappa shape index (κ2) is 11.2. The van der Waals surface area contributed by atoms with E-state index in [9.17, 15) is 0 Å². The number of hydrogen-bond donors (Lipinski definition) is 0. The van der Waals surface area contributed by atoms with E-state index in [0.29, 0.717) is 0 Å². The maximum atomic E-state index is 5.52. The van der Waals surface area contributed by atoms with E-state index in [4.69, 9.17) is 9.47 Å². The second-order valence-corrected chi connectivity index (χ2v) is 8.88. The van der Waals surface area contributed by atoms with Crippen LogP contribution in [0.3, 0.4) is 0 Å². The van der Waals surface area contributed by atoms with Gasteiger partial charge in [0.05, 0.1) is 26.0 Å². The van der Waals surface area contributed by atoms with E-state index >= 15 is 0 Å². The molecule has 3 aromatic carbocycles. The molecule has 0 amide bonds. The normalized spacial score (nSPS) is 14.1. The predicted molar refractivity (Wildman–Crippen MR) is 139 cm³/mol. The lowest BCUT2D eigenvalue weighted by atomic mass is 10.1. The number of anilines is 1. The smallest absolute Gasteiger partial charge is 0.119 e.